The minimum Gasteiger partial charge on any atom is -0.391 e. The fraction of sp³-hybridized carbons (Fsp3) is 0.300. The Labute approximate surface area is 124 Å². The van der Waals surface area contributed by atoms with Crippen LogP contribution in [0.2, 0.25) is 5.02 Å². The molecule has 98 valence electrons. The van der Waals surface area contributed by atoms with Crippen LogP contribution in [0.4, 0.5) is 5.69 Å². The lowest BCUT2D eigenvalue weighted by atomic mass is 10.2. The Balaban J connectivity index is 2.39. The third-order valence-electron chi connectivity index (χ3n) is 2.62. The van der Waals surface area contributed by atoms with Gasteiger partial charge in [-0.2, -0.15) is 0 Å². The van der Waals surface area contributed by atoms with Crippen molar-refractivity contribution in [1.29, 1.82) is 0 Å². The van der Waals surface area contributed by atoms with E-state index in [-0.39, 0.29) is 16.3 Å². The molecule has 5 nitrogen and oxygen atoms in total. The molecule has 1 aromatic carbocycles. The molecule has 1 saturated heterocycles. The standard InChI is InChI=1S/C10H9ClINO4S/c11-8-6-7(10(14)17-12)2-3-9(8)13-4-1-5-18(13,15)16/h2-3,6H,1,4-5H2. The second-order valence-electron chi connectivity index (χ2n) is 3.77. The number of carbonyl (C=O) groups is 1. The SMILES string of the molecule is O=C(OI)c1ccc(N2CCCS2(=O)=O)c(Cl)c1. The number of rotatable bonds is 2. The molecule has 1 aliphatic rings. The van der Waals surface area contributed by atoms with Crippen molar-refractivity contribution in [1.82, 2.24) is 0 Å². The van der Waals surface area contributed by atoms with E-state index in [0.717, 1.165) is 0 Å². The largest absolute Gasteiger partial charge is 0.391 e. The van der Waals surface area contributed by atoms with Gasteiger partial charge < -0.3 is 3.07 Å². The summed E-state index contributed by atoms with van der Waals surface area (Å²) in [5.41, 5.74) is 0.689. The first-order valence-electron chi connectivity index (χ1n) is 5.08. The molecule has 0 aliphatic carbocycles. The van der Waals surface area contributed by atoms with Crippen molar-refractivity contribution in [3.63, 3.8) is 0 Å². The lowest BCUT2D eigenvalue weighted by Gasteiger charge is -2.18. The van der Waals surface area contributed by atoms with E-state index in [9.17, 15) is 13.2 Å². The summed E-state index contributed by atoms with van der Waals surface area (Å²) in [6.45, 7) is 0.415. The molecule has 8 heteroatoms. The second kappa shape index (κ2) is 5.22. The van der Waals surface area contributed by atoms with E-state index >= 15 is 0 Å². The average Bonchev–Trinajstić information content (AvgIpc) is 2.68. The van der Waals surface area contributed by atoms with E-state index in [1.165, 1.54) is 45.5 Å². The summed E-state index contributed by atoms with van der Waals surface area (Å²) in [5, 5.41) is 0.222. The van der Waals surface area contributed by atoms with Gasteiger partial charge in [-0.1, -0.05) is 11.6 Å². The Hall–Kier alpha value is -0.540. The van der Waals surface area contributed by atoms with Crippen molar-refractivity contribution in [2.24, 2.45) is 0 Å². The molecule has 0 radical (unpaired) electrons. The summed E-state index contributed by atoms with van der Waals surface area (Å²) in [6.07, 6.45) is 0.580. The highest BCUT2D eigenvalue weighted by atomic mass is 127. The maximum atomic E-state index is 11.8. The van der Waals surface area contributed by atoms with Gasteiger partial charge in [0.2, 0.25) is 10.0 Å². The highest BCUT2D eigenvalue weighted by molar-refractivity contribution is 14.1. The quantitative estimate of drug-likeness (QED) is 0.714. The van der Waals surface area contributed by atoms with Gasteiger partial charge in [0.15, 0.2) is 23.0 Å². The van der Waals surface area contributed by atoms with Crippen molar-refractivity contribution in [2.75, 3.05) is 16.6 Å². The summed E-state index contributed by atoms with van der Waals surface area (Å²) in [4.78, 5) is 11.3. The minimum absolute atomic E-state index is 0.126. The van der Waals surface area contributed by atoms with Gasteiger partial charge in [0.1, 0.15) is 0 Å². The number of carbonyl (C=O) groups excluding carboxylic acids is 1. The lowest BCUT2D eigenvalue weighted by molar-refractivity contribution is 0.0800. The third-order valence-corrected chi connectivity index (χ3v) is 5.18. The van der Waals surface area contributed by atoms with Gasteiger partial charge in [-0.25, -0.2) is 13.2 Å². The summed E-state index contributed by atoms with van der Waals surface area (Å²) < 4.78 is 29.3. The predicted molar refractivity (Wildman–Crippen MR) is 76.6 cm³/mol. The number of nitrogens with zero attached hydrogens (tertiary/aromatic N) is 1. The van der Waals surface area contributed by atoms with Crippen molar-refractivity contribution in [3.05, 3.63) is 28.8 Å². The molecule has 0 amide bonds. The van der Waals surface area contributed by atoms with E-state index in [0.29, 0.717) is 18.7 Å². The van der Waals surface area contributed by atoms with Gasteiger partial charge >= 0.3 is 5.97 Å². The normalized spacial score (nSPS) is 17.8. The smallest absolute Gasteiger partial charge is 0.347 e. The number of sulfonamides is 1. The Morgan fingerprint density at radius 3 is 2.67 bits per heavy atom. The number of anilines is 1. The molecule has 1 aromatic rings. The fourth-order valence-electron chi connectivity index (χ4n) is 1.79. The van der Waals surface area contributed by atoms with Gasteiger partial charge in [-0.05, 0) is 24.6 Å². The zero-order valence-corrected chi connectivity index (χ0v) is 12.8. The molecule has 0 bridgehead atoms. The van der Waals surface area contributed by atoms with Crippen molar-refractivity contribution < 1.29 is 16.3 Å². The van der Waals surface area contributed by atoms with E-state index in [4.69, 9.17) is 11.6 Å². The first-order valence-corrected chi connectivity index (χ1v) is 7.95. The molecule has 1 fully saturated rings. The van der Waals surface area contributed by atoms with Gasteiger partial charge in [0, 0.05) is 6.54 Å². The molecule has 2 rings (SSSR count). The molecule has 0 spiro atoms. The maximum Gasteiger partial charge on any atom is 0.347 e. The van der Waals surface area contributed by atoms with E-state index in [1.807, 2.05) is 0 Å². The Bertz CT molecular complexity index is 590. The molecule has 0 N–H and O–H groups in total. The first kappa shape index (κ1) is 13.9. The summed E-state index contributed by atoms with van der Waals surface area (Å²) in [7, 11) is -3.27. The van der Waals surface area contributed by atoms with Crippen LogP contribution in [-0.4, -0.2) is 26.7 Å². The zero-order valence-electron chi connectivity index (χ0n) is 9.10. The average molecular weight is 402 g/mol. The molecule has 0 unspecified atom stereocenters. The van der Waals surface area contributed by atoms with Crippen LogP contribution in [0.1, 0.15) is 16.8 Å². The van der Waals surface area contributed by atoms with Gasteiger partial charge in [-0.15, -0.1) is 0 Å². The first-order chi connectivity index (χ1) is 8.45. The monoisotopic (exact) mass is 401 g/mol. The molecule has 1 heterocycles. The van der Waals surface area contributed by atoms with Crippen LogP contribution in [-0.2, 0) is 13.1 Å². The molecule has 0 atom stereocenters. The predicted octanol–water partition coefficient (Wildman–Crippen LogP) is 2.39. The maximum absolute atomic E-state index is 11.8. The molecular weight excluding hydrogens is 393 g/mol. The number of halogens is 2. The molecule has 18 heavy (non-hydrogen) atoms. The zero-order chi connectivity index (χ0) is 13.3. The van der Waals surface area contributed by atoms with Crippen molar-refractivity contribution in [3.8, 4) is 0 Å². The molecule has 1 aliphatic heterocycles. The Kier molecular flexibility index (Phi) is 4.02. The van der Waals surface area contributed by atoms with Gasteiger partial charge in [0.05, 0.1) is 22.0 Å². The number of hydrogen-bond acceptors (Lipinski definition) is 4. The van der Waals surface area contributed by atoms with Crippen LogP contribution in [0.15, 0.2) is 18.2 Å². The molecule has 0 aromatic heterocycles. The second-order valence-corrected chi connectivity index (χ2v) is 6.63. The summed E-state index contributed by atoms with van der Waals surface area (Å²) >= 11 is 7.50. The van der Waals surface area contributed by atoms with Crippen molar-refractivity contribution >= 4 is 56.3 Å². The lowest BCUT2D eigenvalue weighted by Crippen LogP contribution is -2.25. The number of hydrogen-bond donors (Lipinski definition) is 0. The van der Waals surface area contributed by atoms with Gasteiger partial charge in [0.25, 0.3) is 0 Å². The topological polar surface area (TPSA) is 63.7 Å². The van der Waals surface area contributed by atoms with Crippen LogP contribution in [0, 0.1) is 0 Å². The highest BCUT2D eigenvalue weighted by Gasteiger charge is 2.30. The number of benzene rings is 1. The van der Waals surface area contributed by atoms with E-state index < -0.39 is 16.0 Å². The highest BCUT2D eigenvalue weighted by Crippen LogP contribution is 2.32. The fourth-order valence-corrected chi connectivity index (χ4v) is 3.96. The van der Waals surface area contributed by atoms with Crippen LogP contribution in [0.5, 0.6) is 0 Å². The van der Waals surface area contributed by atoms with Crippen LogP contribution >= 0.6 is 34.6 Å². The summed E-state index contributed by atoms with van der Waals surface area (Å²) in [6, 6.07) is 4.43. The van der Waals surface area contributed by atoms with Crippen LogP contribution in [0.3, 0.4) is 0 Å². The minimum atomic E-state index is -3.27. The summed E-state index contributed by atoms with van der Waals surface area (Å²) in [5.74, 6) is -0.394. The van der Waals surface area contributed by atoms with Crippen molar-refractivity contribution in [2.45, 2.75) is 6.42 Å². The van der Waals surface area contributed by atoms with E-state index in [2.05, 4.69) is 3.07 Å². The Morgan fingerprint density at radius 2 is 2.17 bits per heavy atom. The van der Waals surface area contributed by atoms with Crippen LogP contribution < -0.4 is 4.31 Å². The molecule has 0 saturated carbocycles. The van der Waals surface area contributed by atoms with E-state index in [1.54, 1.807) is 0 Å². The van der Waals surface area contributed by atoms with Gasteiger partial charge in [-0.3, -0.25) is 4.31 Å². The van der Waals surface area contributed by atoms with Crippen LogP contribution in [0.25, 0.3) is 0 Å². The molecular formula is C10H9ClINO4S. The Morgan fingerprint density at radius 1 is 1.44 bits per heavy atom. The third kappa shape index (κ3) is 2.57.